The van der Waals surface area contributed by atoms with Gasteiger partial charge in [-0.3, -0.25) is 4.79 Å². The number of hydrogen-bond donors (Lipinski definition) is 2. The zero-order chi connectivity index (χ0) is 15.7. The van der Waals surface area contributed by atoms with Crippen LogP contribution >= 0.6 is 0 Å². The highest BCUT2D eigenvalue weighted by Gasteiger charge is 2.62. The Balaban J connectivity index is 1.64. The molecule has 2 N–H and O–H groups in total. The molecule has 0 aliphatic heterocycles. The third-order valence-electron chi connectivity index (χ3n) is 8.43. The van der Waals surface area contributed by atoms with E-state index in [4.69, 9.17) is 0 Å². The monoisotopic (exact) mass is 306 g/mol. The van der Waals surface area contributed by atoms with Crippen LogP contribution in [0.3, 0.4) is 0 Å². The van der Waals surface area contributed by atoms with Crippen LogP contribution in [0.5, 0.6) is 0 Å². The van der Waals surface area contributed by atoms with Gasteiger partial charge in [-0.05, 0) is 74.0 Å². The van der Waals surface area contributed by atoms with E-state index in [-0.39, 0.29) is 17.3 Å². The molecule has 22 heavy (non-hydrogen) atoms. The highest BCUT2D eigenvalue weighted by Crippen LogP contribution is 2.65. The number of Topliss-reactive ketones (excluding diaryl/α,β-unsaturated/α-hetero) is 1. The van der Waals surface area contributed by atoms with Gasteiger partial charge in [0.1, 0.15) is 6.10 Å². The molecule has 124 valence electrons. The number of hydrogen-bond acceptors (Lipinski definition) is 3. The van der Waals surface area contributed by atoms with E-state index in [1.807, 2.05) is 0 Å². The van der Waals surface area contributed by atoms with Gasteiger partial charge in [0.25, 0.3) is 0 Å². The molecule has 0 bridgehead atoms. The Morgan fingerprint density at radius 3 is 2.45 bits per heavy atom. The van der Waals surface area contributed by atoms with Gasteiger partial charge in [-0.15, -0.1) is 0 Å². The van der Waals surface area contributed by atoms with E-state index >= 15 is 0 Å². The van der Waals surface area contributed by atoms with Crippen molar-refractivity contribution in [3.05, 3.63) is 0 Å². The molecule has 4 fully saturated rings. The lowest BCUT2D eigenvalue weighted by molar-refractivity contribution is -0.138. The molecule has 0 aromatic rings. The van der Waals surface area contributed by atoms with Crippen LogP contribution in [-0.4, -0.2) is 28.2 Å². The largest absolute Gasteiger partial charge is 0.393 e. The van der Waals surface area contributed by atoms with E-state index in [0.717, 1.165) is 32.1 Å². The molecular formula is C19H30O3. The second-order valence-electron chi connectivity index (χ2n) is 9.20. The van der Waals surface area contributed by atoms with Crippen LogP contribution in [-0.2, 0) is 4.79 Å². The summed E-state index contributed by atoms with van der Waals surface area (Å²) in [6.07, 6.45) is 7.38. The van der Waals surface area contributed by atoms with Crippen molar-refractivity contribution in [3.8, 4) is 0 Å². The topological polar surface area (TPSA) is 57.5 Å². The van der Waals surface area contributed by atoms with Crippen molar-refractivity contribution in [1.82, 2.24) is 0 Å². The first kappa shape index (κ1) is 15.1. The van der Waals surface area contributed by atoms with Crippen molar-refractivity contribution in [1.29, 1.82) is 0 Å². The molecule has 0 unspecified atom stereocenters. The standard InChI is InChI=1S/C19H30O3/c1-18-7-5-12(20)9-11(18)3-4-13-14(18)6-8-19(2)15(13)10-16(21)17(19)22/h11-15,17,20,22H,3-10H2,1-2H3/t11-,12+,13+,14-,15-,17-,18-,19-/m1/s1. The molecule has 4 saturated carbocycles. The molecule has 8 atom stereocenters. The van der Waals surface area contributed by atoms with Crippen LogP contribution in [0.25, 0.3) is 0 Å². The summed E-state index contributed by atoms with van der Waals surface area (Å²) >= 11 is 0. The summed E-state index contributed by atoms with van der Waals surface area (Å²) in [6.45, 7) is 4.61. The minimum atomic E-state index is -0.725. The second-order valence-corrected chi connectivity index (χ2v) is 9.20. The fourth-order valence-electron chi connectivity index (χ4n) is 7.00. The number of carbonyl (C=O) groups excluding carboxylic acids is 1. The van der Waals surface area contributed by atoms with Crippen LogP contribution in [0.15, 0.2) is 0 Å². The Bertz CT molecular complexity index is 489. The van der Waals surface area contributed by atoms with E-state index in [9.17, 15) is 15.0 Å². The minimum Gasteiger partial charge on any atom is -0.393 e. The van der Waals surface area contributed by atoms with Gasteiger partial charge in [0.2, 0.25) is 0 Å². The Labute approximate surface area is 133 Å². The average Bonchev–Trinajstić information content (AvgIpc) is 2.72. The molecule has 0 amide bonds. The second kappa shape index (κ2) is 4.80. The highest BCUT2D eigenvalue weighted by atomic mass is 16.3. The van der Waals surface area contributed by atoms with Gasteiger partial charge in [0, 0.05) is 11.8 Å². The fourth-order valence-corrected chi connectivity index (χ4v) is 7.00. The first-order valence-corrected chi connectivity index (χ1v) is 9.25. The summed E-state index contributed by atoms with van der Waals surface area (Å²) in [7, 11) is 0. The first-order valence-electron chi connectivity index (χ1n) is 9.25. The first-order chi connectivity index (χ1) is 10.4. The Hall–Kier alpha value is -0.410. The SMILES string of the molecule is C[C@@]12CC[C@@H]3[C@H](CC[C@@H]4C[C@@H](O)CC[C@]43C)[C@H]1CC(=O)[C@H]2O. The van der Waals surface area contributed by atoms with Crippen molar-refractivity contribution in [2.75, 3.05) is 0 Å². The van der Waals surface area contributed by atoms with Crippen LogP contribution in [0, 0.1) is 34.5 Å². The van der Waals surface area contributed by atoms with E-state index in [1.165, 1.54) is 12.8 Å². The van der Waals surface area contributed by atoms with E-state index in [2.05, 4.69) is 13.8 Å². The van der Waals surface area contributed by atoms with Gasteiger partial charge in [0.05, 0.1) is 6.10 Å². The average molecular weight is 306 g/mol. The predicted molar refractivity (Wildman–Crippen MR) is 84.1 cm³/mol. The van der Waals surface area contributed by atoms with Crippen LogP contribution in [0.1, 0.15) is 65.2 Å². The lowest BCUT2D eigenvalue weighted by Crippen LogP contribution is -2.54. The smallest absolute Gasteiger partial charge is 0.162 e. The van der Waals surface area contributed by atoms with Gasteiger partial charge >= 0.3 is 0 Å². The Morgan fingerprint density at radius 1 is 0.955 bits per heavy atom. The van der Waals surface area contributed by atoms with Gasteiger partial charge in [-0.2, -0.15) is 0 Å². The summed E-state index contributed by atoms with van der Waals surface area (Å²) in [4.78, 5) is 12.1. The Morgan fingerprint density at radius 2 is 1.68 bits per heavy atom. The molecule has 0 spiro atoms. The number of fused-ring (bicyclic) bond motifs is 5. The van der Waals surface area contributed by atoms with Crippen molar-refractivity contribution in [2.24, 2.45) is 34.5 Å². The van der Waals surface area contributed by atoms with E-state index in [1.54, 1.807) is 0 Å². The summed E-state index contributed by atoms with van der Waals surface area (Å²) < 4.78 is 0. The maximum atomic E-state index is 12.1. The van der Waals surface area contributed by atoms with Crippen LogP contribution < -0.4 is 0 Å². The Kier molecular flexibility index (Phi) is 3.30. The number of aliphatic hydroxyl groups is 2. The van der Waals surface area contributed by atoms with Gasteiger partial charge in [0.15, 0.2) is 5.78 Å². The number of ketones is 1. The van der Waals surface area contributed by atoms with Crippen molar-refractivity contribution in [2.45, 2.75) is 77.4 Å². The summed E-state index contributed by atoms with van der Waals surface area (Å²) in [6, 6.07) is 0. The van der Waals surface area contributed by atoms with Crippen molar-refractivity contribution < 1.29 is 15.0 Å². The molecule has 4 aliphatic rings. The molecule has 0 aromatic carbocycles. The predicted octanol–water partition coefficient (Wildman–Crippen LogP) is 2.93. The van der Waals surface area contributed by atoms with Crippen LogP contribution in [0.4, 0.5) is 0 Å². The summed E-state index contributed by atoms with van der Waals surface area (Å²) in [5.41, 5.74) is 0.176. The number of aliphatic hydroxyl groups excluding tert-OH is 2. The quantitative estimate of drug-likeness (QED) is 0.723. The molecule has 0 radical (unpaired) electrons. The molecule has 4 rings (SSSR count). The zero-order valence-electron chi connectivity index (χ0n) is 13.9. The molecule has 3 nitrogen and oxygen atoms in total. The normalized spacial score (nSPS) is 57.9. The minimum absolute atomic E-state index is 0.0829. The van der Waals surface area contributed by atoms with Gasteiger partial charge in [-0.1, -0.05) is 13.8 Å². The molecular weight excluding hydrogens is 276 g/mol. The van der Waals surface area contributed by atoms with Crippen molar-refractivity contribution in [3.63, 3.8) is 0 Å². The van der Waals surface area contributed by atoms with Crippen molar-refractivity contribution >= 4 is 5.78 Å². The summed E-state index contributed by atoms with van der Waals surface area (Å²) in [5, 5.41) is 20.4. The van der Waals surface area contributed by atoms with Crippen LogP contribution in [0.2, 0.25) is 0 Å². The maximum absolute atomic E-state index is 12.1. The molecule has 0 saturated heterocycles. The molecule has 4 aliphatic carbocycles. The maximum Gasteiger partial charge on any atom is 0.162 e. The lowest BCUT2D eigenvalue weighted by Gasteiger charge is -2.60. The zero-order valence-corrected chi connectivity index (χ0v) is 13.9. The number of carbonyl (C=O) groups is 1. The molecule has 3 heteroatoms. The van der Waals surface area contributed by atoms with E-state index < -0.39 is 6.10 Å². The molecule has 0 aromatic heterocycles. The van der Waals surface area contributed by atoms with Gasteiger partial charge in [-0.25, -0.2) is 0 Å². The third kappa shape index (κ3) is 1.84. The lowest BCUT2D eigenvalue weighted by atomic mass is 9.45. The third-order valence-corrected chi connectivity index (χ3v) is 8.43. The molecule has 0 heterocycles. The summed E-state index contributed by atoms with van der Waals surface area (Å²) in [5.74, 6) is 2.42. The van der Waals surface area contributed by atoms with E-state index in [0.29, 0.717) is 35.5 Å². The number of rotatable bonds is 0. The van der Waals surface area contributed by atoms with Gasteiger partial charge < -0.3 is 10.2 Å². The fraction of sp³-hybridized carbons (Fsp3) is 0.947. The highest BCUT2D eigenvalue weighted by molar-refractivity contribution is 5.86.